The lowest BCUT2D eigenvalue weighted by Crippen LogP contribution is -2.30. The van der Waals surface area contributed by atoms with E-state index in [0.29, 0.717) is 11.6 Å². The molecule has 0 radical (unpaired) electrons. The molecule has 1 heterocycles. The molecular weight excluding hydrogens is 330 g/mol. The van der Waals surface area contributed by atoms with Crippen molar-refractivity contribution < 1.29 is 14.7 Å². The Morgan fingerprint density at radius 1 is 1.19 bits per heavy atom. The van der Waals surface area contributed by atoms with E-state index in [1.54, 1.807) is 6.07 Å². The fraction of sp³-hybridized carbons (Fsp3) is 0.250. The molecule has 6 nitrogen and oxygen atoms in total. The molecule has 3 aromatic rings. The Hall–Kier alpha value is -3.15. The number of nitrogens with zero attached hydrogens (tertiary/aromatic N) is 1. The Morgan fingerprint density at radius 3 is 2.73 bits per heavy atom. The first-order valence-corrected chi connectivity index (χ1v) is 8.67. The van der Waals surface area contributed by atoms with Gasteiger partial charge in [0.25, 0.3) is 5.91 Å². The van der Waals surface area contributed by atoms with E-state index >= 15 is 0 Å². The van der Waals surface area contributed by atoms with Gasteiger partial charge in [-0.15, -0.1) is 0 Å². The zero-order chi connectivity index (χ0) is 18.1. The fourth-order valence-electron chi connectivity index (χ4n) is 3.26. The van der Waals surface area contributed by atoms with Gasteiger partial charge >= 0.3 is 5.97 Å². The summed E-state index contributed by atoms with van der Waals surface area (Å²) in [4.78, 5) is 24.0. The zero-order valence-corrected chi connectivity index (χ0v) is 14.1. The molecular formula is C20H19N3O3. The molecule has 6 heteroatoms. The van der Waals surface area contributed by atoms with Gasteiger partial charge in [0.2, 0.25) is 0 Å². The zero-order valence-electron chi connectivity index (χ0n) is 14.1. The first-order valence-electron chi connectivity index (χ1n) is 8.67. The first kappa shape index (κ1) is 16.3. The van der Waals surface area contributed by atoms with E-state index < -0.39 is 12.0 Å². The number of aromatic amines is 1. The van der Waals surface area contributed by atoms with Gasteiger partial charge in [-0.05, 0) is 35.2 Å². The van der Waals surface area contributed by atoms with Crippen molar-refractivity contribution in [2.24, 2.45) is 0 Å². The summed E-state index contributed by atoms with van der Waals surface area (Å²) in [5.74, 6) is -0.867. The van der Waals surface area contributed by atoms with Crippen LogP contribution >= 0.6 is 0 Å². The highest BCUT2D eigenvalue weighted by atomic mass is 16.4. The molecule has 26 heavy (non-hydrogen) atoms. The van der Waals surface area contributed by atoms with E-state index in [1.807, 2.05) is 42.5 Å². The monoisotopic (exact) mass is 349 g/mol. The first-order chi connectivity index (χ1) is 12.6. The second-order valence-corrected chi connectivity index (χ2v) is 6.68. The molecule has 132 valence electrons. The van der Waals surface area contributed by atoms with Crippen molar-refractivity contribution >= 4 is 22.6 Å². The minimum atomic E-state index is -0.969. The van der Waals surface area contributed by atoms with Gasteiger partial charge in [-0.1, -0.05) is 42.5 Å². The van der Waals surface area contributed by atoms with Crippen LogP contribution in [0.4, 0.5) is 0 Å². The second-order valence-electron chi connectivity index (χ2n) is 6.68. The minimum absolute atomic E-state index is 0.195. The van der Waals surface area contributed by atoms with Gasteiger partial charge in [0, 0.05) is 11.6 Å². The molecule has 0 unspecified atom stereocenters. The maximum Gasteiger partial charge on any atom is 0.305 e. The van der Waals surface area contributed by atoms with Crippen molar-refractivity contribution in [2.75, 3.05) is 0 Å². The summed E-state index contributed by atoms with van der Waals surface area (Å²) in [6.45, 7) is 0. The predicted octanol–water partition coefficient (Wildman–Crippen LogP) is 3.39. The van der Waals surface area contributed by atoms with Crippen LogP contribution in [0, 0.1) is 0 Å². The number of nitrogens with one attached hydrogen (secondary N) is 2. The predicted molar refractivity (Wildman–Crippen MR) is 97.0 cm³/mol. The maximum atomic E-state index is 12.6. The van der Waals surface area contributed by atoms with Crippen LogP contribution < -0.4 is 5.32 Å². The average molecular weight is 349 g/mol. The van der Waals surface area contributed by atoms with Crippen LogP contribution in [0.15, 0.2) is 48.5 Å². The maximum absolute atomic E-state index is 12.6. The largest absolute Gasteiger partial charge is 0.481 e. The molecule has 1 amide bonds. The van der Waals surface area contributed by atoms with Gasteiger partial charge in [-0.2, -0.15) is 5.10 Å². The van der Waals surface area contributed by atoms with E-state index in [2.05, 4.69) is 15.5 Å². The lowest BCUT2D eigenvalue weighted by atomic mass is 9.96. The number of carbonyl (C=O) groups excluding carboxylic acids is 1. The highest BCUT2D eigenvalue weighted by molar-refractivity contribution is 5.94. The van der Waals surface area contributed by atoms with Gasteiger partial charge in [-0.3, -0.25) is 14.7 Å². The van der Waals surface area contributed by atoms with E-state index in [9.17, 15) is 14.7 Å². The molecule has 4 rings (SSSR count). The van der Waals surface area contributed by atoms with Gasteiger partial charge in [0.05, 0.1) is 12.5 Å². The third-order valence-corrected chi connectivity index (χ3v) is 4.73. The molecule has 1 aromatic heterocycles. The van der Waals surface area contributed by atoms with Crippen molar-refractivity contribution in [3.63, 3.8) is 0 Å². The molecule has 3 N–H and O–H groups in total. The number of benzene rings is 2. The molecule has 0 aliphatic heterocycles. The highest BCUT2D eigenvalue weighted by Crippen LogP contribution is 2.39. The third-order valence-electron chi connectivity index (χ3n) is 4.73. The second kappa shape index (κ2) is 6.63. The number of H-pyrrole nitrogens is 1. The summed E-state index contributed by atoms with van der Waals surface area (Å²) in [5, 5.41) is 21.1. The molecule has 0 spiro atoms. The van der Waals surface area contributed by atoms with Crippen molar-refractivity contribution in [2.45, 2.75) is 31.2 Å². The Kier molecular flexibility index (Phi) is 4.16. The lowest BCUT2D eigenvalue weighted by molar-refractivity contribution is -0.137. The average Bonchev–Trinajstić information content (AvgIpc) is 3.37. The van der Waals surface area contributed by atoms with E-state index in [4.69, 9.17) is 0 Å². The normalized spacial score (nSPS) is 14.9. The van der Waals surface area contributed by atoms with Crippen molar-refractivity contribution in [1.29, 1.82) is 0 Å². The number of aliphatic carboxylic acids is 1. The van der Waals surface area contributed by atoms with Crippen LogP contribution in [0.2, 0.25) is 0 Å². The Balaban J connectivity index is 1.63. The lowest BCUT2D eigenvalue weighted by Gasteiger charge is -2.19. The summed E-state index contributed by atoms with van der Waals surface area (Å²) in [7, 11) is 0. The number of carbonyl (C=O) groups is 2. The van der Waals surface area contributed by atoms with Crippen molar-refractivity contribution in [3.05, 3.63) is 65.5 Å². The van der Waals surface area contributed by atoms with Crippen LogP contribution in [0.25, 0.3) is 10.8 Å². The number of fused-ring (bicyclic) bond motifs is 1. The van der Waals surface area contributed by atoms with Gasteiger partial charge < -0.3 is 10.4 Å². The van der Waals surface area contributed by atoms with Crippen LogP contribution in [-0.2, 0) is 4.79 Å². The summed E-state index contributed by atoms with van der Waals surface area (Å²) in [6, 6.07) is 14.6. The minimum Gasteiger partial charge on any atom is -0.481 e. The number of carboxylic acid groups (broad SMARTS) is 1. The molecule has 2 aromatic carbocycles. The van der Waals surface area contributed by atoms with E-state index in [-0.39, 0.29) is 12.3 Å². The summed E-state index contributed by atoms with van der Waals surface area (Å²) in [6.07, 6.45) is 2.03. The topological polar surface area (TPSA) is 95.1 Å². The standard InChI is InChI=1S/C20H19N3O3/c24-19(25)11-17(15-7-3-5-12-4-1-2-6-14(12)15)21-20(26)18-10-16(22-23-18)13-8-9-13/h1-7,10,13,17H,8-9,11H2,(H,21,26)(H,22,23)(H,24,25)/t17-/m1/s1. The molecule has 1 aliphatic rings. The van der Waals surface area contributed by atoms with Crippen LogP contribution in [-0.4, -0.2) is 27.2 Å². The number of hydrogen-bond donors (Lipinski definition) is 3. The Morgan fingerprint density at radius 2 is 1.96 bits per heavy atom. The summed E-state index contributed by atoms with van der Waals surface area (Å²) >= 11 is 0. The van der Waals surface area contributed by atoms with Gasteiger partial charge in [0.1, 0.15) is 5.69 Å². The molecule has 0 bridgehead atoms. The van der Waals surface area contributed by atoms with Crippen molar-refractivity contribution in [1.82, 2.24) is 15.5 Å². The fourth-order valence-corrected chi connectivity index (χ4v) is 3.26. The molecule has 1 atom stereocenters. The summed E-state index contributed by atoms with van der Waals surface area (Å²) in [5.41, 5.74) is 2.05. The number of rotatable bonds is 6. The Labute approximate surface area is 150 Å². The summed E-state index contributed by atoms with van der Waals surface area (Å²) < 4.78 is 0. The quantitative estimate of drug-likeness (QED) is 0.636. The Bertz CT molecular complexity index is 970. The molecule has 0 saturated heterocycles. The van der Waals surface area contributed by atoms with E-state index in [1.165, 1.54) is 0 Å². The number of hydrogen-bond acceptors (Lipinski definition) is 3. The molecule has 1 fully saturated rings. The number of amides is 1. The molecule has 1 saturated carbocycles. The van der Waals surface area contributed by atoms with Crippen LogP contribution in [0.5, 0.6) is 0 Å². The molecule has 1 aliphatic carbocycles. The number of carboxylic acids is 1. The van der Waals surface area contributed by atoms with E-state index in [0.717, 1.165) is 34.9 Å². The SMILES string of the molecule is O=C(O)C[C@@H](NC(=O)c1cc(C2CC2)[nH]n1)c1cccc2ccccc12. The van der Waals surface area contributed by atoms with Gasteiger partial charge in [0.15, 0.2) is 0 Å². The highest BCUT2D eigenvalue weighted by Gasteiger charge is 2.27. The van der Waals surface area contributed by atoms with Crippen molar-refractivity contribution in [3.8, 4) is 0 Å². The van der Waals surface area contributed by atoms with Crippen LogP contribution in [0.3, 0.4) is 0 Å². The third kappa shape index (κ3) is 3.31. The van der Waals surface area contributed by atoms with Gasteiger partial charge in [-0.25, -0.2) is 0 Å². The number of aromatic nitrogens is 2. The smallest absolute Gasteiger partial charge is 0.305 e. The van der Waals surface area contributed by atoms with Crippen LogP contribution in [0.1, 0.15) is 53.0 Å².